The van der Waals surface area contributed by atoms with E-state index in [2.05, 4.69) is 10.3 Å². The number of nitrogens with two attached hydrogens (primary N) is 1. The van der Waals surface area contributed by atoms with Crippen molar-refractivity contribution in [1.29, 1.82) is 0 Å². The molecule has 3 N–H and O–H groups in total. The van der Waals surface area contributed by atoms with Gasteiger partial charge in [-0.15, -0.1) is 22.7 Å². The number of aromatic nitrogens is 1. The summed E-state index contributed by atoms with van der Waals surface area (Å²) in [5, 5.41) is 7.28. The summed E-state index contributed by atoms with van der Waals surface area (Å²) in [6.07, 6.45) is 0. The number of thiazole rings is 1. The van der Waals surface area contributed by atoms with Crippen LogP contribution in [0, 0.1) is 0 Å². The molecule has 0 bridgehead atoms. The van der Waals surface area contributed by atoms with E-state index >= 15 is 0 Å². The van der Waals surface area contributed by atoms with E-state index in [1.54, 1.807) is 11.3 Å². The Morgan fingerprint density at radius 1 is 1.50 bits per heavy atom. The van der Waals surface area contributed by atoms with Crippen LogP contribution in [0.4, 0.5) is 5.13 Å². The first kappa shape index (κ1) is 11.1. The van der Waals surface area contributed by atoms with Gasteiger partial charge in [0.2, 0.25) is 5.91 Å². The van der Waals surface area contributed by atoms with Gasteiger partial charge in [-0.05, 0) is 6.07 Å². The Balaban J connectivity index is 2.10. The summed E-state index contributed by atoms with van der Waals surface area (Å²) >= 11 is 3.03. The number of carbonyl (C=O) groups excluding carboxylic acids is 1. The van der Waals surface area contributed by atoms with Crippen molar-refractivity contribution < 1.29 is 4.79 Å². The zero-order valence-electron chi connectivity index (χ0n) is 8.69. The van der Waals surface area contributed by atoms with Gasteiger partial charge < -0.3 is 11.1 Å². The first-order valence-electron chi connectivity index (χ1n) is 4.68. The van der Waals surface area contributed by atoms with Gasteiger partial charge in [0.1, 0.15) is 0 Å². The highest BCUT2D eigenvalue weighted by molar-refractivity contribution is 7.14. The highest BCUT2D eigenvalue weighted by Gasteiger charge is 2.06. The van der Waals surface area contributed by atoms with Crippen LogP contribution in [0.5, 0.6) is 0 Å². The van der Waals surface area contributed by atoms with E-state index in [4.69, 9.17) is 5.73 Å². The van der Waals surface area contributed by atoms with Gasteiger partial charge in [0.05, 0.1) is 12.2 Å². The molecule has 2 heterocycles. The summed E-state index contributed by atoms with van der Waals surface area (Å²) < 4.78 is 0. The van der Waals surface area contributed by atoms with Crippen LogP contribution in [-0.4, -0.2) is 10.9 Å². The third-order valence-electron chi connectivity index (χ3n) is 1.98. The monoisotopic (exact) mass is 253 g/mol. The Morgan fingerprint density at radius 2 is 2.31 bits per heavy atom. The highest BCUT2D eigenvalue weighted by Crippen LogP contribution is 2.27. The highest BCUT2D eigenvalue weighted by atomic mass is 32.1. The third-order valence-corrected chi connectivity index (χ3v) is 3.59. The minimum atomic E-state index is -0.0205. The van der Waals surface area contributed by atoms with Crippen molar-refractivity contribution in [2.75, 3.05) is 5.73 Å². The van der Waals surface area contributed by atoms with Gasteiger partial charge in [0, 0.05) is 28.1 Å². The van der Waals surface area contributed by atoms with E-state index in [-0.39, 0.29) is 5.91 Å². The number of hydrogen-bond acceptors (Lipinski definition) is 5. The quantitative estimate of drug-likeness (QED) is 0.880. The van der Waals surface area contributed by atoms with E-state index in [1.807, 2.05) is 16.8 Å². The second kappa shape index (κ2) is 4.63. The van der Waals surface area contributed by atoms with Crippen molar-refractivity contribution in [2.45, 2.75) is 13.5 Å². The van der Waals surface area contributed by atoms with Crippen molar-refractivity contribution in [3.8, 4) is 11.3 Å². The molecule has 0 radical (unpaired) electrons. The second-order valence-electron chi connectivity index (χ2n) is 3.28. The normalized spacial score (nSPS) is 10.3. The largest absolute Gasteiger partial charge is 0.375 e. The number of anilines is 1. The average Bonchev–Trinajstić information content (AvgIpc) is 2.83. The van der Waals surface area contributed by atoms with Gasteiger partial charge in [-0.25, -0.2) is 4.98 Å². The average molecular weight is 253 g/mol. The molecule has 0 aromatic carbocycles. The Kier molecular flexibility index (Phi) is 3.21. The molecule has 2 aromatic rings. The minimum Gasteiger partial charge on any atom is -0.375 e. The molecule has 4 nitrogen and oxygen atoms in total. The number of nitrogens with zero attached hydrogens (tertiary/aromatic N) is 1. The predicted molar refractivity (Wildman–Crippen MR) is 67.4 cm³/mol. The van der Waals surface area contributed by atoms with Crippen LogP contribution < -0.4 is 11.1 Å². The summed E-state index contributed by atoms with van der Waals surface area (Å²) in [4.78, 5) is 16.1. The standard InChI is InChI=1S/C10H11N3OS2/c1-6(14)12-3-8-2-7(4-15-8)9-5-16-10(11)13-9/h2,4-5H,3H2,1H3,(H2,11,13)(H,12,14). The van der Waals surface area contributed by atoms with E-state index in [0.29, 0.717) is 11.7 Å². The molecule has 0 saturated carbocycles. The minimum absolute atomic E-state index is 0.0205. The van der Waals surface area contributed by atoms with Gasteiger partial charge in [0.15, 0.2) is 5.13 Å². The maximum atomic E-state index is 10.8. The molecule has 0 aliphatic heterocycles. The fourth-order valence-corrected chi connectivity index (χ4v) is 2.63. The van der Waals surface area contributed by atoms with Crippen LogP contribution in [0.25, 0.3) is 11.3 Å². The molecule has 6 heteroatoms. The van der Waals surface area contributed by atoms with Crippen LogP contribution >= 0.6 is 22.7 Å². The topological polar surface area (TPSA) is 68.0 Å². The summed E-state index contributed by atoms with van der Waals surface area (Å²) in [6.45, 7) is 2.08. The summed E-state index contributed by atoms with van der Waals surface area (Å²) in [6, 6.07) is 2.02. The lowest BCUT2D eigenvalue weighted by molar-refractivity contribution is -0.119. The molecule has 0 atom stereocenters. The van der Waals surface area contributed by atoms with E-state index in [0.717, 1.165) is 16.1 Å². The number of nitrogen functional groups attached to an aromatic ring is 1. The maximum absolute atomic E-state index is 10.8. The van der Waals surface area contributed by atoms with E-state index < -0.39 is 0 Å². The van der Waals surface area contributed by atoms with Crippen molar-refractivity contribution in [1.82, 2.24) is 10.3 Å². The van der Waals surface area contributed by atoms with Crippen molar-refractivity contribution >= 4 is 33.7 Å². The lowest BCUT2D eigenvalue weighted by atomic mass is 10.2. The number of nitrogens with one attached hydrogen (secondary N) is 1. The van der Waals surface area contributed by atoms with E-state index in [1.165, 1.54) is 18.3 Å². The molecule has 0 fully saturated rings. The first-order valence-corrected chi connectivity index (χ1v) is 6.44. The lowest BCUT2D eigenvalue weighted by Gasteiger charge is -1.96. The molecular formula is C10H11N3OS2. The van der Waals surface area contributed by atoms with Crippen molar-refractivity contribution in [3.63, 3.8) is 0 Å². The zero-order valence-corrected chi connectivity index (χ0v) is 10.3. The molecule has 84 valence electrons. The number of carbonyl (C=O) groups is 1. The maximum Gasteiger partial charge on any atom is 0.217 e. The van der Waals surface area contributed by atoms with Crippen LogP contribution in [0.15, 0.2) is 16.8 Å². The van der Waals surface area contributed by atoms with E-state index in [9.17, 15) is 4.79 Å². The molecule has 0 aliphatic carbocycles. The SMILES string of the molecule is CC(=O)NCc1cc(-c2csc(N)n2)cs1. The fourth-order valence-electron chi connectivity index (χ4n) is 1.24. The van der Waals surface area contributed by atoms with Gasteiger partial charge in [-0.1, -0.05) is 0 Å². The molecule has 16 heavy (non-hydrogen) atoms. The Bertz CT molecular complexity index is 504. The molecule has 0 spiro atoms. The van der Waals surface area contributed by atoms with Crippen molar-refractivity contribution in [3.05, 3.63) is 21.7 Å². The van der Waals surface area contributed by atoms with Crippen LogP contribution in [-0.2, 0) is 11.3 Å². The van der Waals surface area contributed by atoms with Crippen LogP contribution in [0.2, 0.25) is 0 Å². The zero-order chi connectivity index (χ0) is 11.5. The molecule has 2 rings (SSSR count). The molecule has 0 unspecified atom stereocenters. The van der Waals surface area contributed by atoms with Crippen molar-refractivity contribution in [2.24, 2.45) is 0 Å². The van der Waals surface area contributed by atoms with Gasteiger partial charge >= 0.3 is 0 Å². The second-order valence-corrected chi connectivity index (χ2v) is 5.17. The lowest BCUT2D eigenvalue weighted by Crippen LogP contribution is -2.18. The van der Waals surface area contributed by atoms with Gasteiger partial charge in [-0.2, -0.15) is 0 Å². The predicted octanol–water partition coefficient (Wildman–Crippen LogP) is 2.09. The molecule has 0 saturated heterocycles. The molecular weight excluding hydrogens is 242 g/mol. The Morgan fingerprint density at radius 3 is 2.94 bits per heavy atom. The molecule has 1 amide bonds. The summed E-state index contributed by atoms with van der Waals surface area (Å²) in [7, 11) is 0. The number of rotatable bonds is 3. The molecule has 0 aliphatic rings. The number of hydrogen-bond donors (Lipinski definition) is 2. The van der Waals surface area contributed by atoms with Crippen LogP contribution in [0.3, 0.4) is 0 Å². The summed E-state index contributed by atoms with van der Waals surface area (Å²) in [5.41, 5.74) is 7.53. The van der Waals surface area contributed by atoms with Crippen LogP contribution in [0.1, 0.15) is 11.8 Å². The fraction of sp³-hybridized carbons (Fsp3) is 0.200. The Hall–Kier alpha value is -1.40. The third kappa shape index (κ3) is 2.59. The summed E-state index contributed by atoms with van der Waals surface area (Å²) in [5.74, 6) is -0.0205. The smallest absolute Gasteiger partial charge is 0.217 e. The van der Waals surface area contributed by atoms with Gasteiger partial charge in [0.25, 0.3) is 0 Å². The molecule has 2 aromatic heterocycles. The first-order chi connectivity index (χ1) is 7.65. The number of amides is 1. The van der Waals surface area contributed by atoms with Gasteiger partial charge in [-0.3, -0.25) is 4.79 Å². The number of thiophene rings is 1. The Labute approximate surface area is 101 Å².